The Labute approximate surface area is 210 Å². The van der Waals surface area contributed by atoms with Gasteiger partial charge in [0.25, 0.3) is 11.8 Å². The van der Waals surface area contributed by atoms with Crippen molar-refractivity contribution in [1.29, 1.82) is 0 Å². The molecule has 10 nitrogen and oxygen atoms in total. The number of carbonyl (C=O) groups excluding carboxylic acids is 2. The van der Waals surface area contributed by atoms with E-state index in [9.17, 15) is 9.59 Å². The average Bonchev–Trinajstić information content (AvgIpc) is 2.68. The van der Waals surface area contributed by atoms with Crippen molar-refractivity contribution < 1.29 is 9.59 Å². The Morgan fingerprint density at radius 3 is 1.38 bits per heavy atom. The zero-order valence-corrected chi connectivity index (χ0v) is 22.1. The zero-order chi connectivity index (χ0) is 22.3. The molecule has 4 unspecified atom stereocenters. The Bertz CT molecular complexity index is 680. The second-order valence-corrected chi connectivity index (χ2v) is 9.74. The quantitative estimate of drug-likeness (QED) is 0.128. The molecule has 29 heavy (non-hydrogen) atoms. The van der Waals surface area contributed by atoms with Crippen LogP contribution < -0.4 is 45.0 Å². The summed E-state index contributed by atoms with van der Waals surface area (Å²) in [6.07, 6.45) is 0. The number of hydrogen-bond donors (Lipinski definition) is 8. The maximum atomic E-state index is 12.9. The van der Waals surface area contributed by atoms with E-state index in [-0.39, 0.29) is 38.0 Å². The van der Waals surface area contributed by atoms with Crippen LogP contribution in [0.4, 0.5) is 0 Å². The number of nitrogens with two attached hydrogens (primary N) is 6. The van der Waals surface area contributed by atoms with Gasteiger partial charge in [-0.05, 0) is 73.8 Å². The van der Waals surface area contributed by atoms with E-state index in [4.69, 9.17) is 34.4 Å². The van der Waals surface area contributed by atoms with Gasteiger partial charge in [0, 0.05) is 49.0 Å². The topological polar surface area (TPSA) is 214 Å². The van der Waals surface area contributed by atoms with E-state index in [0.717, 1.165) is 0 Å². The summed E-state index contributed by atoms with van der Waals surface area (Å²) in [7, 11) is 0. The van der Waals surface area contributed by atoms with Crippen molar-refractivity contribution in [2.75, 3.05) is 26.2 Å². The Morgan fingerprint density at radius 2 is 1.10 bits per heavy atom. The molecule has 1 rings (SSSR count). The summed E-state index contributed by atoms with van der Waals surface area (Å²) >= 11 is 6.10. The number of nitrogens with one attached hydrogen (secondary N) is 2. The Balaban J connectivity index is 3.27. The summed E-state index contributed by atoms with van der Waals surface area (Å²) in [4.78, 5) is 25.9. The van der Waals surface area contributed by atoms with E-state index >= 15 is 0 Å². The highest BCUT2D eigenvalue weighted by Crippen LogP contribution is 2.28. The third-order valence-electron chi connectivity index (χ3n) is 4.34. The third kappa shape index (κ3) is 7.06. The van der Waals surface area contributed by atoms with Crippen LogP contribution in [0.5, 0.6) is 0 Å². The molecule has 0 radical (unpaired) electrons. The highest BCUT2D eigenvalue weighted by atomic mass is 127. The van der Waals surface area contributed by atoms with Crippen molar-refractivity contribution in [2.24, 2.45) is 34.4 Å². The molecule has 1 aromatic carbocycles. The fourth-order valence-corrected chi connectivity index (χ4v) is 6.85. The lowest BCUT2D eigenvalue weighted by Gasteiger charge is -2.25. The maximum Gasteiger partial charge on any atom is 0.253 e. The molecule has 0 aliphatic carbocycles. The minimum absolute atomic E-state index is 0.143. The molecule has 0 aromatic heterocycles. The molecule has 0 heterocycles. The second kappa shape index (κ2) is 12.8. The molecule has 13 heteroatoms. The van der Waals surface area contributed by atoms with Gasteiger partial charge < -0.3 is 45.0 Å². The first kappa shape index (κ1) is 27.1. The summed E-state index contributed by atoms with van der Waals surface area (Å²) in [6, 6.07) is -0.171. The SMILES string of the molecule is NCC(N)C(CN)NC(=O)c1c(I)cc(I)c(C(=O)NC(CN)C(N)CN)c1I. The fraction of sp³-hybridized carbons (Fsp3) is 0.500. The summed E-state index contributed by atoms with van der Waals surface area (Å²) < 4.78 is 1.89. The zero-order valence-electron chi connectivity index (χ0n) is 15.6. The Kier molecular flexibility index (Phi) is 12.0. The second-order valence-electron chi connectivity index (χ2n) is 6.33. The van der Waals surface area contributed by atoms with E-state index in [1.54, 1.807) is 6.07 Å². The van der Waals surface area contributed by atoms with Crippen LogP contribution >= 0.6 is 67.8 Å². The lowest BCUT2D eigenvalue weighted by Crippen LogP contribution is -2.55. The normalized spacial score (nSPS) is 15.3. The first-order chi connectivity index (χ1) is 13.6. The van der Waals surface area contributed by atoms with Crippen LogP contribution in [0.1, 0.15) is 20.7 Å². The van der Waals surface area contributed by atoms with E-state index < -0.39 is 24.2 Å². The third-order valence-corrected chi connectivity index (χ3v) is 7.12. The maximum absolute atomic E-state index is 12.9. The molecule has 0 spiro atoms. The van der Waals surface area contributed by atoms with E-state index in [1.807, 2.05) is 22.6 Å². The smallest absolute Gasteiger partial charge is 0.253 e. The first-order valence-corrected chi connectivity index (χ1v) is 12.0. The minimum Gasteiger partial charge on any atom is -0.346 e. The van der Waals surface area contributed by atoms with Crippen LogP contribution in [0, 0.1) is 10.7 Å². The van der Waals surface area contributed by atoms with Gasteiger partial charge in [-0.2, -0.15) is 0 Å². The van der Waals surface area contributed by atoms with E-state index in [2.05, 4.69) is 55.8 Å². The lowest BCUT2D eigenvalue weighted by molar-refractivity contribution is 0.0930. The largest absolute Gasteiger partial charge is 0.346 e. The summed E-state index contributed by atoms with van der Waals surface area (Å²) in [6.45, 7) is 0.644. The minimum atomic E-state index is -0.486. The number of rotatable bonds is 10. The van der Waals surface area contributed by atoms with Crippen molar-refractivity contribution in [1.82, 2.24) is 10.6 Å². The van der Waals surface area contributed by atoms with Crippen molar-refractivity contribution >= 4 is 79.6 Å². The van der Waals surface area contributed by atoms with Crippen LogP contribution in [0.3, 0.4) is 0 Å². The standard InChI is InChI=1S/C16H27I3N8O2/c17-6-1-7(18)13(16(29)27-11(5-23)9(25)3-21)14(19)12(6)15(28)26-10(4-22)8(24)2-20/h1,8-11H,2-5,20-25H2,(H,26,28)(H,27,29). The van der Waals surface area contributed by atoms with Gasteiger partial charge in [0.05, 0.1) is 23.2 Å². The van der Waals surface area contributed by atoms with Gasteiger partial charge >= 0.3 is 0 Å². The molecule has 0 aliphatic rings. The van der Waals surface area contributed by atoms with Crippen LogP contribution in [0.25, 0.3) is 0 Å². The molecule has 2 amide bonds. The fourth-order valence-electron chi connectivity index (χ4n) is 2.50. The molecule has 1 aromatic rings. The number of carbonyl (C=O) groups is 2. The molecule has 14 N–H and O–H groups in total. The van der Waals surface area contributed by atoms with E-state index in [1.165, 1.54) is 0 Å². The summed E-state index contributed by atoms with van der Waals surface area (Å²) in [5, 5.41) is 5.62. The molecule has 0 bridgehead atoms. The first-order valence-electron chi connectivity index (χ1n) is 8.73. The number of amides is 2. The highest BCUT2D eigenvalue weighted by Gasteiger charge is 2.27. The van der Waals surface area contributed by atoms with E-state index in [0.29, 0.717) is 21.8 Å². The van der Waals surface area contributed by atoms with Crippen LogP contribution in [0.15, 0.2) is 6.07 Å². The lowest BCUT2D eigenvalue weighted by atomic mass is 10.1. The Hall–Kier alpha value is 0.110. The number of benzene rings is 1. The summed E-state index contributed by atoms with van der Waals surface area (Å²) in [5.74, 6) is -0.754. The summed E-state index contributed by atoms with van der Waals surface area (Å²) in [5.41, 5.74) is 35.2. The Morgan fingerprint density at radius 1 is 0.759 bits per heavy atom. The van der Waals surface area contributed by atoms with Crippen LogP contribution in [0.2, 0.25) is 0 Å². The molecule has 0 aliphatic heterocycles. The van der Waals surface area contributed by atoms with Gasteiger partial charge in [0.15, 0.2) is 0 Å². The molecular formula is C16H27I3N8O2. The molecule has 0 fully saturated rings. The van der Waals surface area contributed by atoms with Crippen molar-refractivity contribution in [3.8, 4) is 0 Å². The van der Waals surface area contributed by atoms with Crippen molar-refractivity contribution in [3.63, 3.8) is 0 Å². The van der Waals surface area contributed by atoms with Gasteiger partial charge in [-0.3, -0.25) is 9.59 Å². The number of hydrogen-bond acceptors (Lipinski definition) is 8. The van der Waals surface area contributed by atoms with Crippen LogP contribution in [-0.4, -0.2) is 62.2 Å². The molecule has 164 valence electrons. The van der Waals surface area contributed by atoms with Gasteiger partial charge in [-0.1, -0.05) is 0 Å². The highest BCUT2D eigenvalue weighted by molar-refractivity contribution is 14.1. The number of halogens is 3. The molecule has 0 saturated carbocycles. The van der Waals surface area contributed by atoms with Gasteiger partial charge in [-0.25, -0.2) is 0 Å². The van der Waals surface area contributed by atoms with Gasteiger partial charge in [0.2, 0.25) is 0 Å². The molecule has 4 atom stereocenters. The van der Waals surface area contributed by atoms with Gasteiger partial charge in [-0.15, -0.1) is 0 Å². The predicted molar refractivity (Wildman–Crippen MR) is 139 cm³/mol. The molecular weight excluding hydrogens is 717 g/mol. The predicted octanol–water partition coefficient (Wildman–Crippen LogP) is -1.81. The van der Waals surface area contributed by atoms with Gasteiger partial charge in [0.1, 0.15) is 0 Å². The van der Waals surface area contributed by atoms with Crippen LogP contribution in [-0.2, 0) is 0 Å². The van der Waals surface area contributed by atoms with Crippen molar-refractivity contribution in [3.05, 3.63) is 27.9 Å². The molecule has 0 saturated heterocycles. The monoisotopic (exact) mass is 744 g/mol. The average molecular weight is 744 g/mol. The van der Waals surface area contributed by atoms with Crippen molar-refractivity contribution in [2.45, 2.75) is 24.2 Å².